The predicted octanol–water partition coefficient (Wildman–Crippen LogP) is 4.09. The minimum atomic E-state index is -0.690. The highest BCUT2D eigenvalue weighted by molar-refractivity contribution is 5.93. The molecule has 1 amide bonds. The third-order valence-electron chi connectivity index (χ3n) is 2.92. The molecule has 116 valence electrons. The maximum absolute atomic E-state index is 13.5. The molecule has 0 saturated carbocycles. The van der Waals surface area contributed by atoms with Gasteiger partial charge in [0.1, 0.15) is 23.1 Å². The van der Waals surface area contributed by atoms with Gasteiger partial charge in [0.25, 0.3) is 0 Å². The van der Waals surface area contributed by atoms with E-state index in [9.17, 15) is 13.6 Å². The molecule has 1 heterocycles. The van der Waals surface area contributed by atoms with Crippen LogP contribution in [0.3, 0.4) is 0 Å². The number of aromatic nitrogens is 1. The minimum absolute atomic E-state index is 0.166. The quantitative estimate of drug-likeness (QED) is 0.898. The Morgan fingerprint density at radius 2 is 1.73 bits per heavy atom. The van der Waals surface area contributed by atoms with Crippen molar-refractivity contribution in [1.82, 2.24) is 4.98 Å². The van der Waals surface area contributed by atoms with E-state index in [1.54, 1.807) is 32.9 Å². The number of amides is 1. The summed E-state index contributed by atoms with van der Waals surface area (Å²) in [6.45, 7) is 5.37. The zero-order valence-electron chi connectivity index (χ0n) is 12.6. The topological polar surface area (TPSA) is 54.0 Å². The number of pyridine rings is 1. The number of carbonyl (C=O) groups excluding carboxylic acids is 1. The van der Waals surface area contributed by atoms with Gasteiger partial charge in [-0.1, -0.05) is 26.8 Å². The molecule has 0 radical (unpaired) electrons. The van der Waals surface area contributed by atoms with Crippen LogP contribution < -0.4 is 10.6 Å². The van der Waals surface area contributed by atoms with Gasteiger partial charge in [0.05, 0.1) is 11.9 Å². The van der Waals surface area contributed by atoms with E-state index in [1.807, 2.05) is 0 Å². The third-order valence-corrected chi connectivity index (χ3v) is 2.92. The summed E-state index contributed by atoms with van der Waals surface area (Å²) in [5.41, 5.74) is -0.358. The average molecular weight is 305 g/mol. The molecule has 0 bridgehead atoms. The standard InChI is InChI=1S/C16H17F2N3O/c1-16(2,3)15(22)21-13-8-7-10(9-19-13)20-14-11(17)5-4-6-12(14)18/h4-9,20H,1-3H3,(H,19,21,22). The second kappa shape index (κ2) is 6.09. The molecule has 0 saturated heterocycles. The zero-order chi connectivity index (χ0) is 16.3. The van der Waals surface area contributed by atoms with Crippen LogP contribution in [0, 0.1) is 17.0 Å². The molecule has 0 fully saturated rings. The number of carbonyl (C=O) groups is 1. The molecule has 0 spiro atoms. The summed E-state index contributed by atoms with van der Waals surface area (Å²) >= 11 is 0. The highest BCUT2D eigenvalue weighted by atomic mass is 19.1. The van der Waals surface area contributed by atoms with Crippen LogP contribution in [0.15, 0.2) is 36.5 Å². The van der Waals surface area contributed by atoms with E-state index in [1.165, 1.54) is 12.3 Å². The normalized spacial score (nSPS) is 11.1. The van der Waals surface area contributed by atoms with Crippen LogP contribution in [0.2, 0.25) is 0 Å². The number of rotatable bonds is 3. The first-order chi connectivity index (χ1) is 10.3. The number of halogens is 2. The first-order valence-corrected chi connectivity index (χ1v) is 6.76. The van der Waals surface area contributed by atoms with Crippen LogP contribution in [0.1, 0.15) is 20.8 Å². The smallest absolute Gasteiger partial charge is 0.230 e. The maximum Gasteiger partial charge on any atom is 0.230 e. The van der Waals surface area contributed by atoms with Gasteiger partial charge >= 0.3 is 0 Å². The van der Waals surface area contributed by atoms with Crippen LogP contribution in [-0.4, -0.2) is 10.9 Å². The Hall–Kier alpha value is -2.50. The molecular weight excluding hydrogens is 288 g/mol. The van der Waals surface area contributed by atoms with E-state index < -0.39 is 17.0 Å². The largest absolute Gasteiger partial charge is 0.349 e. The Morgan fingerprint density at radius 3 is 2.23 bits per heavy atom. The van der Waals surface area contributed by atoms with Crippen molar-refractivity contribution in [2.24, 2.45) is 5.41 Å². The number of nitrogens with zero attached hydrogens (tertiary/aromatic N) is 1. The number of anilines is 3. The van der Waals surface area contributed by atoms with Crippen molar-refractivity contribution in [3.05, 3.63) is 48.2 Å². The lowest BCUT2D eigenvalue weighted by Gasteiger charge is -2.17. The summed E-state index contributed by atoms with van der Waals surface area (Å²) < 4.78 is 27.1. The lowest BCUT2D eigenvalue weighted by atomic mass is 9.96. The Bertz CT molecular complexity index is 659. The lowest BCUT2D eigenvalue weighted by Crippen LogP contribution is -2.27. The van der Waals surface area contributed by atoms with Gasteiger partial charge in [-0.05, 0) is 24.3 Å². The van der Waals surface area contributed by atoms with Gasteiger partial charge in [-0.3, -0.25) is 4.79 Å². The molecule has 0 atom stereocenters. The minimum Gasteiger partial charge on any atom is -0.349 e. The summed E-state index contributed by atoms with van der Waals surface area (Å²) in [6.07, 6.45) is 1.39. The fraction of sp³-hybridized carbons (Fsp3) is 0.250. The molecule has 2 N–H and O–H groups in total. The zero-order valence-corrected chi connectivity index (χ0v) is 12.6. The summed E-state index contributed by atoms with van der Waals surface area (Å²) in [6, 6.07) is 6.76. The van der Waals surface area contributed by atoms with Gasteiger partial charge in [-0.2, -0.15) is 0 Å². The Kier molecular flexibility index (Phi) is 4.40. The van der Waals surface area contributed by atoms with Gasteiger partial charge in [-0.15, -0.1) is 0 Å². The van der Waals surface area contributed by atoms with E-state index >= 15 is 0 Å². The first kappa shape index (κ1) is 15.9. The monoisotopic (exact) mass is 305 g/mol. The fourth-order valence-electron chi connectivity index (χ4n) is 1.61. The first-order valence-electron chi connectivity index (χ1n) is 6.76. The molecule has 2 aromatic rings. The highest BCUT2D eigenvalue weighted by Gasteiger charge is 2.21. The molecule has 6 heteroatoms. The molecule has 1 aromatic carbocycles. The third kappa shape index (κ3) is 3.78. The van der Waals surface area contributed by atoms with Crippen molar-refractivity contribution in [1.29, 1.82) is 0 Å². The van der Waals surface area contributed by atoms with Crippen molar-refractivity contribution in [2.75, 3.05) is 10.6 Å². The molecule has 0 aliphatic carbocycles. The van der Waals surface area contributed by atoms with E-state index in [2.05, 4.69) is 15.6 Å². The predicted molar refractivity (Wildman–Crippen MR) is 82.0 cm³/mol. The van der Waals surface area contributed by atoms with Gasteiger partial charge in [-0.25, -0.2) is 13.8 Å². The number of benzene rings is 1. The number of hydrogen-bond donors (Lipinski definition) is 2. The second-order valence-corrected chi connectivity index (χ2v) is 5.86. The van der Waals surface area contributed by atoms with Crippen LogP contribution in [-0.2, 0) is 4.79 Å². The van der Waals surface area contributed by atoms with Gasteiger partial charge in [0.15, 0.2) is 0 Å². The lowest BCUT2D eigenvalue weighted by molar-refractivity contribution is -0.123. The van der Waals surface area contributed by atoms with Crippen molar-refractivity contribution in [3.8, 4) is 0 Å². The Morgan fingerprint density at radius 1 is 1.09 bits per heavy atom. The Labute approximate surface area is 127 Å². The van der Waals surface area contributed by atoms with Crippen molar-refractivity contribution in [2.45, 2.75) is 20.8 Å². The molecule has 2 rings (SSSR count). The molecule has 0 unspecified atom stereocenters. The molecule has 1 aromatic heterocycles. The SMILES string of the molecule is CC(C)(C)C(=O)Nc1ccc(Nc2c(F)cccc2F)cn1. The van der Waals surface area contributed by atoms with Gasteiger partial charge in [0.2, 0.25) is 5.91 Å². The highest BCUT2D eigenvalue weighted by Crippen LogP contribution is 2.23. The van der Waals surface area contributed by atoms with Crippen LogP contribution in [0.5, 0.6) is 0 Å². The van der Waals surface area contributed by atoms with Gasteiger partial charge < -0.3 is 10.6 Å². The van der Waals surface area contributed by atoms with E-state index in [4.69, 9.17) is 0 Å². The number of hydrogen-bond acceptors (Lipinski definition) is 3. The van der Waals surface area contributed by atoms with E-state index in [-0.39, 0.29) is 11.6 Å². The Balaban J connectivity index is 2.11. The summed E-state index contributed by atoms with van der Waals surface area (Å²) in [4.78, 5) is 15.9. The van der Waals surface area contributed by atoms with E-state index in [0.717, 1.165) is 12.1 Å². The van der Waals surface area contributed by atoms with Crippen molar-refractivity contribution in [3.63, 3.8) is 0 Å². The second-order valence-electron chi connectivity index (χ2n) is 5.86. The summed E-state index contributed by atoms with van der Waals surface area (Å²) in [5.74, 6) is -1.17. The van der Waals surface area contributed by atoms with Crippen molar-refractivity contribution >= 4 is 23.1 Å². The molecule has 0 aliphatic heterocycles. The average Bonchev–Trinajstić information content (AvgIpc) is 2.44. The van der Waals surface area contributed by atoms with Crippen molar-refractivity contribution < 1.29 is 13.6 Å². The fourth-order valence-corrected chi connectivity index (χ4v) is 1.61. The molecule has 22 heavy (non-hydrogen) atoms. The summed E-state index contributed by atoms with van der Waals surface area (Å²) in [5, 5.41) is 5.30. The van der Waals surface area contributed by atoms with Crippen LogP contribution in [0.4, 0.5) is 26.0 Å². The number of para-hydroxylation sites is 1. The van der Waals surface area contributed by atoms with Crippen LogP contribution >= 0.6 is 0 Å². The molecular formula is C16H17F2N3O. The maximum atomic E-state index is 13.5. The number of nitrogens with one attached hydrogen (secondary N) is 2. The molecule has 4 nitrogen and oxygen atoms in total. The van der Waals surface area contributed by atoms with E-state index in [0.29, 0.717) is 11.5 Å². The summed E-state index contributed by atoms with van der Waals surface area (Å²) in [7, 11) is 0. The van der Waals surface area contributed by atoms with Crippen LogP contribution in [0.25, 0.3) is 0 Å². The van der Waals surface area contributed by atoms with Gasteiger partial charge in [0, 0.05) is 5.41 Å². The molecule has 0 aliphatic rings.